The molecule has 0 bridgehead atoms. The van der Waals surface area contributed by atoms with Gasteiger partial charge in [-0.25, -0.2) is 9.82 Å². The minimum Gasteiger partial charge on any atom is -0.495 e. The summed E-state index contributed by atoms with van der Waals surface area (Å²) < 4.78 is 17.9. The van der Waals surface area contributed by atoms with Gasteiger partial charge in [0, 0.05) is 0 Å². The number of para-hydroxylation sites is 2. The van der Waals surface area contributed by atoms with Crippen molar-refractivity contribution in [3.63, 3.8) is 0 Å². The highest BCUT2D eigenvalue weighted by molar-refractivity contribution is 5.84. The van der Waals surface area contributed by atoms with Crippen LogP contribution in [0, 0.1) is 5.82 Å². The topological polar surface area (TPSA) is 62.7 Å². The molecule has 2 rings (SSSR count). The van der Waals surface area contributed by atoms with Crippen LogP contribution in [-0.2, 0) is 4.79 Å². The van der Waals surface area contributed by atoms with Gasteiger partial charge in [0.2, 0.25) is 0 Å². The maximum absolute atomic E-state index is 12.7. The number of nitrogens with zero attached hydrogens (tertiary/aromatic N) is 1. The van der Waals surface area contributed by atoms with E-state index in [1.54, 1.807) is 25.3 Å². The lowest BCUT2D eigenvalue weighted by Gasteiger charge is -2.09. The van der Waals surface area contributed by atoms with Crippen molar-refractivity contribution in [2.45, 2.75) is 0 Å². The van der Waals surface area contributed by atoms with Crippen LogP contribution >= 0.6 is 0 Å². The lowest BCUT2D eigenvalue weighted by atomic mass is 10.2. The summed E-state index contributed by atoms with van der Waals surface area (Å²) in [6.07, 6.45) is 1.44. The van der Waals surface area contributed by atoms with E-state index in [1.165, 1.54) is 18.3 Å². The molecule has 0 aliphatic heterocycles. The SMILES string of the molecule is COc1ccccc1NCC(=O)N/N=C/c1ccc(F)cc1. The Kier molecular flexibility index (Phi) is 5.48. The lowest BCUT2D eigenvalue weighted by Crippen LogP contribution is -2.26. The van der Waals surface area contributed by atoms with Crippen LogP contribution in [0.15, 0.2) is 53.6 Å². The number of hydrazone groups is 1. The third-order valence-corrected chi connectivity index (χ3v) is 2.82. The van der Waals surface area contributed by atoms with Gasteiger partial charge in [0.15, 0.2) is 0 Å². The number of benzene rings is 2. The summed E-state index contributed by atoms with van der Waals surface area (Å²) in [6.45, 7) is 0.0567. The second kappa shape index (κ2) is 7.78. The summed E-state index contributed by atoms with van der Waals surface area (Å²) in [7, 11) is 1.56. The summed E-state index contributed by atoms with van der Waals surface area (Å²) in [5, 5.41) is 6.77. The van der Waals surface area contributed by atoms with Crippen molar-refractivity contribution in [2.24, 2.45) is 5.10 Å². The average Bonchev–Trinajstić information content (AvgIpc) is 2.55. The van der Waals surface area contributed by atoms with Crippen LogP contribution in [0.5, 0.6) is 5.75 Å². The Morgan fingerprint density at radius 2 is 1.95 bits per heavy atom. The highest BCUT2D eigenvalue weighted by Crippen LogP contribution is 2.22. The molecule has 2 aromatic rings. The van der Waals surface area contributed by atoms with Crippen LogP contribution < -0.4 is 15.5 Å². The molecule has 0 aliphatic rings. The van der Waals surface area contributed by atoms with Gasteiger partial charge in [0.1, 0.15) is 11.6 Å². The summed E-state index contributed by atoms with van der Waals surface area (Å²) >= 11 is 0. The van der Waals surface area contributed by atoms with Gasteiger partial charge in [-0.15, -0.1) is 0 Å². The average molecular weight is 301 g/mol. The van der Waals surface area contributed by atoms with Crippen LogP contribution in [-0.4, -0.2) is 25.8 Å². The van der Waals surface area contributed by atoms with Crippen molar-refractivity contribution in [1.29, 1.82) is 0 Å². The Morgan fingerprint density at radius 3 is 2.68 bits per heavy atom. The zero-order valence-corrected chi connectivity index (χ0v) is 12.0. The number of carbonyl (C=O) groups is 1. The number of carbonyl (C=O) groups excluding carboxylic acids is 1. The first kappa shape index (κ1) is 15.5. The van der Waals surface area contributed by atoms with Crippen molar-refractivity contribution in [3.8, 4) is 5.75 Å². The number of ether oxygens (including phenoxy) is 1. The molecule has 0 heterocycles. The molecule has 0 radical (unpaired) electrons. The lowest BCUT2D eigenvalue weighted by molar-refractivity contribution is -0.119. The first-order valence-electron chi connectivity index (χ1n) is 6.63. The van der Waals surface area contributed by atoms with Crippen LogP contribution in [0.2, 0.25) is 0 Å². The second-order valence-electron chi connectivity index (χ2n) is 4.40. The summed E-state index contributed by atoms with van der Waals surface area (Å²) in [5.74, 6) is 0.0385. The van der Waals surface area contributed by atoms with Crippen LogP contribution in [0.1, 0.15) is 5.56 Å². The van der Waals surface area contributed by atoms with Gasteiger partial charge in [0.05, 0.1) is 25.6 Å². The molecule has 5 nitrogen and oxygen atoms in total. The largest absolute Gasteiger partial charge is 0.495 e. The normalized spacial score (nSPS) is 10.5. The van der Waals surface area contributed by atoms with Gasteiger partial charge in [0.25, 0.3) is 5.91 Å². The van der Waals surface area contributed by atoms with Gasteiger partial charge in [-0.3, -0.25) is 4.79 Å². The number of methoxy groups -OCH3 is 1. The summed E-state index contributed by atoms with van der Waals surface area (Å²) in [4.78, 5) is 11.7. The minimum atomic E-state index is -0.317. The Labute approximate surface area is 127 Å². The number of halogens is 1. The molecule has 22 heavy (non-hydrogen) atoms. The first-order valence-corrected chi connectivity index (χ1v) is 6.63. The fraction of sp³-hybridized carbons (Fsp3) is 0.125. The van der Waals surface area contributed by atoms with E-state index in [0.717, 1.165) is 5.69 Å². The fourth-order valence-corrected chi connectivity index (χ4v) is 1.73. The smallest absolute Gasteiger partial charge is 0.259 e. The Balaban J connectivity index is 1.82. The van der Waals surface area contributed by atoms with E-state index < -0.39 is 0 Å². The van der Waals surface area contributed by atoms with E-state index in [9.17, 15) is 9.18 Å². The molecule has 1 amide bonds. The first-order chi connectivity index (χ1) is 10.7. The fourth-order valence-electron chi connectivity index (χ4n) is 1.73. The maximum atomic E-state index is 12.7. The second-order valence-corrected chi connectivity index (χ2v) is 4.40. The predicted octanol–water partition coefficient (Wildman–Crippen LogP) is 2.40. The molecular formula is C16H16FN3O2. The molecule has 0 aromatic heterocycles. The van der Waals surface area contributed by atoms with Gasteiger partial charge in [-0.1, -0.05) is 24.3 Å². The highest BCUT2D eigenvalue weighted by Gasteiger charge is 2.03. The number of rotatable bonds is 6. The van der Waals surface area contributed by atoms with Crippen LogP contribution in [0.25, 0.3) is 0 Å². The Bertz CT molecular complexity index is 657. The highest BCUT2D eigenvalue weighted by atomic mass is 19.1. The molecule has 0 saturated carbocycles. The van der Waals surface area contributed by atoms with Crippen LogP contribution in [0.3, 0.4) is 0 Å². The van der Waals surface area contributed by atoms with Crippen molar-refractivity contribution >= 4 is 17.8 Å². The molecule has 6 heteroatoms. The Morgan fingerprint density at radius 1 is 1.23 bits per heavy atom. The Hall–Kier alpha value is -2.89. The molecule has 0 unspecified atom stereocenters. The summed E-state index contributed by atoms with van der Waals surface area (Å²) in [5.41, 5.74) is 3.81. The number of hydrogen-bond donors (Lipinski definition) is 2. The molecule has 114 valence electrons. The van der Waals surface area contributed by atoms with Gasteiger partial charge < -0.3 is 10.1 Å². The van der Waals surface area contributed by atoms with Crippen LogP contribution in [0.4, 0.5) is 10.1 Å². The van der Waals surface area contributed by atoms with E-state index in [4.69, 9.17) is 4.74 Å². The zero-order valence-electron chi connectivity index (χ0n) is 12.0. The van der Waals surface area contributed by atoms with Gasteiger partial charge in [-0.2, -0.15) is 5.10 Å². The third kappa shape index (κ3) is 4.59. The molecule has 0 aliphatic carbocycles. The number of amides is 1. The number of anilines is 1. The van der Waals surface area contributed by atoms with E-state index >= 15 is 0 Å². The monoisotopic (exact) mass is 301 g/mol. The molecule has 2 N–H and O–H groups in total. The minimum absolute atomic E-state index is 0.0567. The van der Waals surface area contributed by atoms with Gasteiger partial charge >= 0.3 is 0 Å². The summed E-state index contributed by atoms with van der Waals surface area (Å²) in [6, 6.07) is 13.1. The van der Waals surface area contributed by atoms with Gasteiger partial charge in [-0.05, 0) is 29.8 Å². The quantitative estimate of drug-likeness (QED) is 0.636. The van der Waals surface area contributed by atoms with E-state index in [-0.39, 0.29) is 18.3 Å². The molecule has 2 aromatic carbocycles. The molecular weight excluding hydrogens is 285 g/mol. The van der Waals surface area contributed by atoms with Crippen molar-refractivity contribution in [3.05, 3.63) is 59.9 Å². The predicted molar refractivity (Wildman–Crippen MR) is 83.6 cm³/mol. The van der Waals surface area contributed by atoms with E-state index in [1.807, 2.05) is 18.2 Å². The van der Waals surface area contributed by atoms with Crippen molar-refractivity contribution in [1.82, 2.24) is 5.43 Å². The molecule has 0 saturated heterocycles. The van der Waals surface area contributed by atoms with E-state index in [2.05, 4.69) is 15.8 Å². The molecule has 0 spiro atoms. The number of nitrogens with one attached hydrogen (secondary N) is 2. The van der Waals surface area contributed by atoms with Crippen molar-refractivity contribution in [2.75, 3.05) is 19.0 Å². The van der Waals surface area contributed by atoms with E-state index in [0.29, 0.717) is 11.3 Å². The molecule has 0 atom stereocenters. The van der Waals surface area contributed by atoms with Crippen molar-refractivity contribution < 1.29 is 13.9 Å². The molecule has 0 fully saturated rings. The zero-order chi connectivity index (χ0) is 15.8. The number of hydrogen-bond acceptors (Lipinski definition) is 4. The maximum Gasteiger partial charge on any atom is 0.259 e. The third-order valence-electron chi connectivity index (χ3n) is 2.82. The standard InChI is InChI=1S/C16H16FN3O2/c1-22-15-5-3-2-4-14(15)18-11-16(21)20-19-10-12-6-8-13(17)9-7-12/h2-10,18H,11H2,1H3,(H,20,21)/b19-10+.